The zero-order chi connectivity index (χ0) is 20.3. The van der Waals surface area contributed by atoms with Crippen molar-refractivity contribution in [1.29, 1.82) is 0 Å². The molecule has 0 aliphatic heterocycles. The fourth-order valence-electron chi connectivity index (χ4n) is 2.86. The van der Waals surface area contributed by atoms with Crippen LogP contribution >= 0.6 is 11.8 Å². The molecule has 6 nitrogen and oxygen atoms in total. The second kappa shape index (κ2) is 8.48. The number of fused-ring (bicyclic) bond motifs is 1. The van der Waals surface area contributed by atoms with E-state index in [-0.39, 0.29) is 17.5 Å². The number of benzene rings is 2. The van der Waals surface area contributed by atoms with E-state index in [4.69, 9.17) is 4.74 Å². The van der Waals surface area contributed by atoms with Crippen molar-refractivity contribution >= 4 is 34.3 Å². The zero-order valence-corrected chi connectivity index (χ0v) is 17.1. The first kappa shape index (κ1) is 19.9. The molecule has 0 fully saturated rings. The van der Waals surface area contributed by atoms with E-state index >= 15 is 0 Å². The van der Waals surface area contributed by atoms with Crippen molar-refractivity contribution in [2.75, 3.05) is 12.4 Å². The number of methoxy groups -OCH3 is 1. The predicted molar refractivity (Wildman–Crippen MR) is 113 cm³/mol. The summed E-state index contributed by atoms with van der Waals surface area (Å²) in [6.45, 7) is 5.66. The third-order valence-corrected chi connectivity index (χ3v) is 5.37. The number of carbonyl (C=O) groups is 1. The molecule has 1 N–H and O–H groups in total. The lowest BCUT2D eigenvalue weighted by molar-refractivity contribution is -0.115. The molecule has 0 bridgehead atoms. The third kappa shape index (κ3) is 4.04. The zero-order valence-electron chi connectivity index (χ0n) is 16.3. The molecule has 3 aromatic rings. The van der Waals surface area contributed by atoms with Gasteiger partial charge in [-0.15, -0.1) is 0 Å². The van der Waals surface area contributed by atoms with E-state index < -0.39 is 5.25 Å². The number of ether oxygens (including phenoxy) is 1. The number of carbonyl (C=O) groups excluding carboxylic acids is 1. The van der Waals surface area contributed by atoms with Gasteiger partial charge in [0.15, 0.2) is 5.16 Å². The van der Waals surface area contributed by atoms with Crippen molar-refractivity contribution in [2.45, 2.75) is 37.2 Å². The molecule has 0 aliphatic carbocycles. The van der Waals surface area contributed by atoms with Crippen LogP contribution in [0.2, 0.25) is 0 Å². The minimum Gasteiger partial charge on any atom is -0.495 e. The van der Waals surface area contributed by atoms with Crippen LogP contribution in [-0.2, 0) is 4.79 Å². The van der Waals surface area contributed by atoms with E-state index in [1.165, 1.54) is 11.8 Å². The lowest BCUT2D eigenvalue weighted by Crippen LogP contribution is -2.28. The van der Waals surface area contributed by atoms with Crippen molar-refractivity contribution in [3.05, 3.63) is 58.9 Å². The van der Waals surface area contributed by atoms with Crippen LogP contribution in [0.5, 0.6) is 5.75 Å². The third-order valence-electron chi connectivity index (χ3n) is 4.31. The molecule has 7 heteroatoms. The summed E-state index contributed by atoms with van der Waals surface area (Å²) in [6.07, 6.45) is 0. The Hall–Kier alpha value is -2.80. The van der Waals surface area contributed by atoms with E-state index in [0.717, 1.165) is 0 Å². The molecule has 146 valence electrons. The molecule has 0 aliphatic rings. The Morgan fingerprint density at radius 3 is 2.50 bits per heavy atom. The fraction of sp³-hybridized carbons (Fsp3) is 0.286. The van der Waals surface area contributed by atoms with Crippen LogP contribution in [0, 0.1) is 0 Å². The molecule has 2 aromatic carbocycles. The number of rotatable bonds is 6. The molecule has 1 aromatic heterocycles. The maximum absolute atomic E-state index is 12.9. The topological polar surface area (TPSA) is 73.2 Å². The Morgan fingerprint density at radius 2 is 1.79 bits per heavy atom. The van der Waals surface area contributed by atoms with E-state index in [0.29, 0.717) is 27.5 Å². The highest BCUT2D eigenvalue weighted by Gasteiger charge is 2.21. The number of para-hydroxylation sites is 3. The smallest absolute Gasteiger partial charge is 0.262 e. The van der Waals surface area contributed by atoms with Crippen LogP contribution in [0.15, 0.2) is 58.5 Å². The molecule has 0 saturated heterocycles. The Balaban J connectivity index is 1.90. The van der Waals surface area contributed by atoms with E-state index in [2.05, 4.69) is 10.3 Å². The van der Waals surface area contributed by atoms with Gasteiger partial charge in [0.25, 0.3) is 5.56 Å². The quantitative estimate of drug-likeness (QED) is 0.501. The van der Waals surface area contributed by atoms with Gasteiger partial charge in [-0.3, -0.25) is 14.2 Å². The molecule has 0 spiro atoms. The van der Waals surface area contributed by atoms with Crippen molar-refractivity contribution in [2.24, 2.45) is 0 Å². The number of nitrogens with zero attached hydrogens (tertiary/aromatic N) is 2. The Kier molecular flexibility index (Phi) is 6.04. The van der Waals surface area contributed by atoms with Crippen molar-refractivity contribution < 1.29 is 9.53 Å². The number of thioether (sulfide) groups is 1. The summed E-state index contributed by atoms with van der Waals surface area (Å²) in [7, 11) is 1.56. The summed E-state index contributed by atoms with van der Waals surface area (Å²) in [6, 6.07) is 14.4. The number of aromatic nitrogens is 2. The molecule has 1 amide bonds. The number of anilines is 1. The van der Waals surface area contributed by atoms with Gasteiger partial charge < -0.3 is 10.1 Å². The van der Waals surface area contributed by atoms with Crippen LogP contribution < -0.4 is 15.6 Å². The Bertz CT molecular complexity index is 1060. The first-order valence-electron chi connectivity index (χ1n) is 9.04. The lowest BCUT2D eigenvalue weighted by Gasteiger charge is -2.19. The van der Waals surface area contributed by atoms with E-state index in [1.807, 2.05) is 44.2 Å². The highest BCUT2D eigenvalue weighted by atomic mass is 32.2. The van der Waals surface area contributed by atoms with Crippen LogP contribution in [0.25, 0.3) is 10.9 Å². The van der Waals surface area contributed by atoms with Crippen LogP contribution in [0.3, 0.4) is 0 Å². The second-order valence-electron chi connectivity index (χ2n) is 6.63. The van der Waals surface area contributed by atoms with Crippen LogP contribution in [0.4, 0.5) is 5.69 Å². The van der Waals surface area contributed by atoms with Crippen molar-refractivity contribution in [1.82, 2.24) is 9.55 Å². The van der Waals surface area contributed by atoms with Gasteiger partial charge in [-0.05, 0) is 45.0 Å². The average Bonchev–Trinajstić information content (AvgIpc) is 2.68. The molecule has 3 rings (SSSR count). The van der Waals surface area contributed by atoms with Gasteiger partial charge in [-0.2, -0.15) is 0 Å². The second-order valence-corrected chi connectivity index (χ2v) is 7.94. The highest BCUT2D eigenvalue weighted by Crippen LogP contribution is 2.28. The van der Waals surface area contributed by atoms with Gasteiger partial charge in [0, 0.05) is 6.04 Å². The predicted octanol–water partition coefficient (Wildman–Crippen LogP) is 4.11. The van der Waals surface area contributed by atoms with Crippen molar-refractivity contribution in [3.63, 3.8) is 0 Å². The van der Waals surface area contributed by atoms with Crippen LogP contribution in [-0.4, -0.2) is 27.8 Å². The first-order chi connectivity index (χ1) is 13.4. The maximum atomic E-state index is 12.9. The van der Waals surface area contributed by atoms with Gasteiger partial charge in [0.1, 0.15) is 5.75 Å². The van der Waals surface area contributed by atoms with E-state index in [9.17, 15) is 9.59 Å². The van der Waals surface area contributed by atoms with Gasteiger partial charge >= 0.3 is 0 Å². The molecule has 28 heavy (non-hydrogen) atoms. The summed E-state index contributed by atoms with van der Waals surface area (Å²) in [5, 5.41) is 3.53. The highest BCUT2D eigenvalue weighted by molar-refractivity contribution is 8.00. The molecular weight excluding hydrogens is 374 g/mol. The van der Waals surface area contributed by atoms with Crippen molar-refractivity contribution in [3.8, 4) is 5.75 Å². The maximum Gasteiger partial charge on any atom is 0.262 e. The summed E-state index contributed by atoms with van der Waals surface area (Å²) >= 11 is 1.27. The number of hydrogen-bond acceptors (Lipinski definition) is 5. The summed E-state index contributed by atoms with van der Waals surface area (Å²) in [5.74, 6) is 0.406. The number of hydrogen-bond donors (Lipinski definition) is 1. The minimum absolute atomic E-state index is 0.0726. The Labute approximate surface area is 167 Å². The molecule has 1 atom stereocenters. The standard InChI is InChI=1S/C21H23N3O3S/c1-13(2)24-20(26)15-9-5-6-10-16(15)23-21(24)28-14(3)19(25)22-17-11-7-8-12-18(17)27-4/h5-14H,1-4H3,(H,22,25)/t14-/m1/s1. The summed E-state index contributed by atoms with van der Waals surface area (Å²) in [5.41, 5.74) is 1.14. The first-order valence-corrected chi connectivity index (χ1v) is 9.92. The molecule has 0 saturated carbocycles. The number of nitrogens with one attached hydrogen (secondary N) is 1. The van der Waals surface area contributed by atoms with Gasteiger partial charge in [-0.25, -0.2) is 4.98 Å². The Morgan fingerprint density at radius 1 is 1.11 bits per heavy atom. The van der Waals surface area contributed by atoms with Crippen LogP contribution in [0.1, 0.15) is 26.8 Å². The molecule has 1 heterocycles. The van der Waals surface area contributed by atoms with E-state index in [1.54, 1.807) is 36.8 Å². The van der Waals surface area contributed by atoms with Gasteiger partial charge in [0.2, 0.25) is 5.91 Å². The monoisotopic (exact) mass is 397 g/mol. The summed E-state index contributed by atoms with van der Waals surface area (Å²) in [4.78, 5) is 30.3. The molecular formula is C21H23N3O3S. The molecule has 0 unspecified atom stereocenters. The molecule has 0 radical (unpaired) electrons. The normalized spacial score (nSPS) is 12.2. The van der Waals surface area contributed by atoms with Gasteiger partial charge in [-0.1, -0.05) is 36.0 Å². The van der Waals surface area contributed by atoms with Gasteiger partial charge in [0.05, 0.1) is 29.0 Å². The SMILES string of the molecule is COc1ccccc1NC(=O)[C@@H](C)Sc1nc2ccccc2c(=O)n1C(C)C. The fourth-order valence-corrected chi connectivity index (χ4v) is 3.90. The number of amides is 1. The largest absolute Gasteiger partial charge is 0.495 e. The minimum atomic E-state index is -0.456. The average molecular weight is 398 g/mol. The lowest BCUT2D eigenvalue weighted by atomic mass is 10.2. The summed E-state index contributed by atoms with van der Waals surface area (Å²) < 4.78 is 6.92.